The van der Waals surface area contributed by atoms with Gasteiger partial charge < -0.3 is 10.1 Å². The van der Waals surface area contributed by atoms with Gasteiger partial charge in [0.1, 0.15) is 6.54 Å². The lowest BCUT2D eigenvalue weighted by atomic mass is 10.1. The van der Waals surface area contributed by atoms with Crippen molar-refractivity contribution in [3.8, 4) is 0 Å². The number of aromatic nitrogens is 2. The largest absolute Gasteiger partial charge is 0.468 e. The molecular weight excluding hydrogens is 218 g/mol. The number of carbonyl (C=O) groups excluding carboxylic acids is 1. The molecule has 0 spiro atoms. The van der Waals surface area contributed by atoms with Crippen LogP contribution in [0, 0.1) is 0 Å². The number of nitrogens with zero attached hydrogens (tertiary/aromatic N) is 2. The van der Waals surface area contributed by atoms with E-state index in [9.17, 15) is 4.79 Å². The summed E-state index contributed by atoms with van der Waals surface area (Å²) in [5, 5.41) is 7.09. The Morgan fingerprint density at radius 1 is 1.71 bits per heavy atom. The van der Waals surface area contributed by atoms with Gasteiger partial charge in [0, 0.05) is 24.5 Å². The van der Waals surface area contributed by atoms with Crippen molar-refractivity contribution in [1.82, 2.24) is 15.1 Å². The Labute approximate surface area is 101 Å². The van der Waals surface area contributed by atoms with Gasteiger partial charge in [0.25, 0.3) is 0 Å². The molecule has 0 unspecified atom stereocenters. The number of carbonyl (C=O) groups is 1. The van der Waals surface area contributed by atoms with E-state index < -0.39 is 0 Å². The van der Waals surface area contributed by atoms with Crippen molar-refractivity contribution in [2.24, 2.45) is 7.05 Å². The van der Waals surface area contributed by atoms with E-state index in [0.29, 0.717) is 0 Å². The first kappa shape index (κ1) is 13.0. The highest BCUT2D eigenvalue weighted by Crippen LogP contribution is 2.17. The van der Waals surface area contributed by atoms with Crippen molar-refractivity contribution in [2.45, 2.75) is 6.92 Å². The van der Waals surface area contributed by atoms with E-state index >= 15 is 0 Å². The number of hydrogen-bond acceptors (Lipinski definition) is 4. The van der Waals surface area contributed by atoms with Gasteiger partial charge in [0.05, 0.1) is 12.8 Å². The van der Waals surface area contributed by atoms with Crippen LogP contribution in [0.15, 0.2) is 30.6 Å². The van der Waals surface area contributed by atoms with Crippen LogP contribution >= 0.6 is 0 Å². The summed E-state index contributed by atoms with van der Waals surface area (Å²) in [6.45, 7) is 5.79. The SMILES string of the molecule is C=C/C(=C(/C)NCC(=O)OC)c1ccnn1C. The van der Waals surface area contributed by atoms with E-state index in [2.05, 4.69) is 21.7 Å². The molecule has 5 heteroatoms. The summed E-state index contributed by atoms with van der Waals surface area (Å²) in [4.78, 5) is 11.0. The first-order valence-corrected chi connectivity index (χ1v) is 5.22. The van der Waals surface area contributed by atoms with Gasteiger partial charge in [-0.15, -0.1) is 0 Å². The Kier molecular flexibility index (Phi) is 4.51. The Hall–Kier alpha value is -2.04. The molecule has 0 atom stereocenters. The van der Waals surface area contributed by atoms with Crippen molar-refractivity contribution in [1.29, 1.82) is 0 Å². The molecule has 0 aliphatic carbocycles. The lowest BCUT2D eigenvalue weighted by molar-refractivity contribution is -0.139. The minimum Gasteiger partial charge on any atom is -0.468 e. The van der Waals surface area contributed by atoms with E-state index in [-0.39, 0.29) is 12.5 Å². The molecule has 0 aromatic carbocycles. The Morgan fingerprint density at radius 2 is 2.41 bits per heavy atom. The molecule has 17 heavy (non-hydrogen) atoms. The van der Waals surface area contributed by atoms with Gasteiger partial charge in [0.2, 0.25) is 0 Å². The predicted molar refractivity (Wildman–Crippen MR) is 66.0 cm³/mol. The summed E-state index contributed by atoms with van der Waals surface area (Å²) in [7, 11) is 3.21. The molecule has 1 aromatic rings. The second kappa shape index (κ2) is 5.89. The monoisotopic (exact) mass is 235 g/mol. The summed E-state index contributed by atoms with van der Waals surface area (Å²) >= 11 is 0. The Bertz CT molecular complexity index is 446. The standard InChI is InChI=1S/C12H17N3O2/c1-5-10(11-6-7-14-15(11)3)9(2)13-8-12(16)17-4/h5-7,13H,1,8H2,2-4H3/b10-9+. The average Bonchev–Trinajstić information content (AvgIpc) is 2.73. The second-order valence-corrected chi connectivity index (χ2v) is 3.51. The molecule has 0 saturated heterocycles. The zero-order valence-corrected chi connectivity index (χ0v) is 10.4. The topological polar surface area (TPSA) is 56.1 Å². The molecule has 0 fully saturated rings. The summed E-state index contributed by atoms with van der Waals surface area (Å²) < 4.78 is 6.31. The van der Waals surface area contributed by atoms with E-state index in [1.807, 2.05) is 20.0 Å². The number of aryl methyl sites for hydroxylation is 1. The van der Waals surface area contributed by atoms with Gasteiger partial charge in [-0.05, 0) is 13.0 Å². The van der Waals surface area contributed by atoms with Gasteiger partial charge in [-0.3, -0.25) is 9.48 Å². The number of methoxy groups -OCH3 is 1. The van der Waals surface area contributed by atoms with Gasteiger partial charge in [-0.2, -0.15) is 5.10 Å². The molecule has 1 aromatic heterocycles. The number of ether oxygens (including phenoxy) is 1. The molecule has 92 valence electrons. The van der Waals surface area contributed by atoms with Crippen molar-refractivity contribution in [3.63, 3.8) is 0 Å². The molecule has 0 bridgehead atoms. The molecular formula is C12H17N3O2. The number of esters is 1. The van der Waals surface area contributed by atoms with Gasteiger partial charge in [-0.25, -0.2) is 0 Å². The van der Waals surface area contributed by atoms with Gasteiger partial charge in [-0.1, -0.05) is 12.7 Å². The zero-order valence-electron chi connectivity index (χ0n) is 10.4. The van der Waals surface area contributed by atoms with Gasteiger partial charge >= 0.3 is 5.97 Å². The fourth-order valence-corrected chi connectivity index (χ4v) is 1.46. The molecule has 0 amide bonds. The minimum absolute atomic E-state index is 0.136. The van der Waals surface area contributed by atoms with Crippen LogP contribution in [0.1, 0.15) is 12.6 Å². The maximum absolute atomic E-state index is 11.0. The van der Waals surface area contributed by atoms with Crippen LogP contribution in [0.4, 0.5) is 0 Å². The van der Waals surface area contributed by atoms with Crippen LogP contribution < -0.4 is 5.32 Å². The number of hydrogen-bond donors (Lipinski definition) is 1. The predicted octanol–water partition coefficient (Wildman–Crippen LogP) is 1.10. The molecule has 1 heterocycles. The second-order valence-electron chi connectivity index (χ2n) is 3.51. The number of allylic oxidation sites excluding steroid dienone is 3. The Balaban J connectivity index is 2.88. The smallest absolute Gasteiger partial charge is 0.325 e. The quantitative estimate of drug-likeness (QED) is 0.613. The molecule has 5 nitrogen and oxygen atoms in total. The summed E-state index contributed by atoms with van der Waals surface area (Å²) in [5.41, 5.74) is 2.71. The number of rotatable bonds is 5. The van der Waals surface area contributed by atoms with Crippen LogP contribution in [-0.2, 0) is 16.6 Å². The molecule has 0 saturated carbocycles. The van der Waals surface area contributed by atoms with Crippen LogP contribution in [0.3, 0.4) is 0 Å². The summed E-state index contributed by atoms with van der Waals surface area (Å²) in [6.07, 6.45) is 3.45. The molecule has 0 aliphatic rings. The minimum atomic E-state index is -0.308. The highest BCUT2D eigenvalue weighted by molar-refractivity contribution is 5.75. The van der Waals surface area contributed by atoms with E-state index in [1.165, 1.54) is 7.11 Å². The van der Waals surface area contributed by atoms with Crippen LogP contribution in [0.2, 0.25) is 0 Å². The summed E-state index contributed by atoms with van der Waals surface area (Å²) in [5.74, 6) is -0.308. The molecule has 0 radical (unpaired) electrons. The maximum Gasteiger partial charge on any atom is 0.325 e. The van der Waals surface area contributed by atoms with Crippen molar-refractivity contribution < 1.29 is 9.53 Å². The van der Waals surface area contributed by atoms with Crippen molar-refractivity contribution in [2.75, 3.05) is 13.7 Å². The third kappa shape index (κ3) is 3.21. The lowest BCUT2D eigenvalue weighted by Crippen LogP contribution is -2.23. The molecule has 1 rings (SSSR count). The lowest BCUT2D eigenvalue weighted by Gasteiger charge is -2.10. The first-order chi connectivity index (χ1) is 8.10. The maximum atomic E-state index is 11.0. The third-order valence-corrected chi connectivity index (χ3v) is 2.43. The highest BCUT2D eigenvalue weighted by atomic mass is 16.5. The van der Waals surface area contributed by atoms with E-state index in [4.69, 9.17) is 0 Å². The first-order valence-electron chi connectivity index (χ1n) is 5.22. The number of nitrogens with one attached hydrogen (secondary N) is 1. The van der Waals surface area contributed by atoms with Crippen molar-refractivity contribution in [3.05, 3.63) is 36.3 Å². The van der Waals surface area contributed by atoms with E-state index in [1.54, 1.807) is 17.0 Å². The fourth-order valence-electron chi connectivity index (χ4n) is 1.46. The van der Waals surface area contributed by atoms with Crippen LogP contribution in [0.5, 0.6) is 0 Å². The summed E-state index contributed by atoms with van der Waals surface area (Å²) in [6, 6.07) is 1.89. The highest BCUT2D eigenvalue weighted by Gasteiger charge is 2.07. The molecule has 1 N–H and O–H groups in total. The fraction of sp³-hybridized carbons (Fsp3) is 0.333. The Morgan fingerprint density at radius 3 is 2.88 bits per heavy atom. The van der Waals surface area contributed by atoms with Gasteiger partial charge in [0.15, 0.2) is 0 Å². The van der Waals surface area contributed by atoms with Crippen molar-refractivity contribution >= 4 is 11.5 Å². The van der Waals surface area contributed by atoms with E-state index in [0.717, 1.165) is 17.0 Å². The third-order valence-electron chi connectivity index (χ3n) is 2.43. The molecule has 0 aliphatic heterocycles. The zero-order chi connectivity index (χ0) is 12.8. The normalized spacial score (nSPS) is 11.7. The average molecular weight is 235 g/mol. The van der Waals surface area contributed by atoms with Crippen LogP contribution in [-0.4, -0.2) is 29.4 Å². The van der Waals surface area contributed by atoms with Crippen LogP contribution in [0.25, 0.3) is 5.57 Å².